The van der Waals surface area contributed by atoms with Crippen LogP contribution in [0, 0.1) is 6.92 Å². The van der Waals surface area contributed by atoms with Crippen molar-refractivity contribution in [2.24, 2.45) is 0 Å². The van der Waals surface area contributed by atoms with Crippen molar-refractivity contribution in [2.75, 3.05) is 13.2 Å². The fourth-order valence-corrected chi connectivity index (χ4v) is 2.72. The van der Waals surface area contributed by atoms with Gasteiger partial charge in [-0.3, -0.25) is 4.79 Å². The fourth-order valence-electron chi connectivity index (χ4n) is 1.65. The molecular weight excluding hydrogens is 347 g/mol. The Kier molecular flexibility index (Phi) is 6.02. The summed E-state index contributed by atoms with van der Waals surface area (Å²) >= 11 is 13.1. The maximum atomic E-state index is 11.9. The minimum Gasteiger partial charge on any atom is -0.489 e. The molecule has 1 aromatic heterocycles. The number of aryl methyl sites for hydroxylation is 1. The minimum atomic E-state index is -0.868. The number of aliphatic hydroxyl groups is 1. The van der Waals surface area contributed by atoms with Gasteiger partial charge in [0.1, 0.15) is 28.4 Å². The maximum Gasteiger partial charge on any atom is 0.263 e. The fraction of sp³-hybridized carbons (Fsp3) is 0.286. The first-order chi connectivity index (χ1) is 10.5. The Labute approximate surface area is 141 Å². The number of nitrogens with zero attached hydrogens (tertiary/aromatic N) is 1. The van der Waals surface area contributed by atoms with Gasteiger partial charge in [0.25, 0.3) is 5.91 Å². The molecule has 0 aliphatic heterocycles. The Bertz CT molecular complexity index is 663. The number of benzene rings is 1. The summed E-state index contributed by atoms with van der Waals surface area (Å²) in [4.78, 5) is 16.4. The van der Waals surface area contributed by atoms with Gasteiger partial charge in [0.2, 0.25) is 0 Å². The van der Waals surface area contributed by atoms with E-state index in [9.17, 15) is 9.90 Å². The summed E-state index contributed by atoms with van der Waals surface area (Å²) in [5.41, 5.74) is 2.27. The molecule has 118 valence electrons. The van der Waals surface area contributed by atoms with E-state index in [0.29, 0.717) is 26.4 Å². The van der Waals surface area contributed by atoms with Crippen molar-refractivity contribution in [3.8, 4) is 5.75 Å². The van der Waals surface area contributed by atoms with E-state index < -0.39 is 6.10 Å². The molecule has 0 saturated carbocycles. The molecular formula is C14H14Cl2N2O3S. The highest BCUT2D eigenvalue weighted by atomic mass is 35.5. The lowest BCUT2D eigenvalue weighted by Crippen LogP contribution is -2.35. The summed E-state index contributed by atoms with van der Waals surface area (Å²) in [6, 6.07) is 5.00. The molecule has 1 unspecified atom stereocenters. The van der Waals surface area contributed by atoms with Crippen LogP contribution in [0.5, 0.6) is 5.75 Å². The molecule has 0 aliphatic carbocycles. The molecule has 1 aromatic carbocycles. The number of thiazole rings is 1. The third kappa shape index (κ3) is 4.33. The van der Waals surface area contributed by atoms with E-state index in [4.69, 9.17) is 27.9 Å². The van der Waals surface area contributed by atoms with Crippen LogP contribution in [0.3, 0.4) is 0 Å². The summed E-state index contributed by atoms with van der Waals surface area (Å²) in [5.74, 6) is 0.123. The lowest BCUT2D eigenvalue weighted by molar-refractivity contribution is 0.0846. The van der Waals surface area contributed by atoms with Crippen LogP contribution < -0.4 is 10.1 Å². The number of ether oxygens (including phenoxy) is 1. The molecule has 2 N–H and O–H groups in total. The Morgan fingerprint density at radius 3 is 2.95 bits per heavy atom. The molecule has 1 atom stereocenters. The van der Waals surface area contributed by atoms with Gasteiger partial charge < -0.3 is 15.2 Å². The first kappa shape index (κ1) is 17.0. The van der Waals surface area contributed by atoms with Crippen molar-refractivity contribution >= 4 is 40.4 Å². The lowest BCUT2D eigenvalue weighted by atomic mass is 10.3. The molecule has 0 radical (unpaired) electrons. The zero-order valence-electron chi connectivity index (χ0n) is 11.7. The molecule has 1 amide bonds. The topological polar surface area (TPSA) is 71.5 Å². The van der Waals surface area contributed by atoms with Crippen LogP contribution in [0.4, 0.5) is 0 Å². The second-order valence-electron chi connectivity index (χ2n) is 4.49. The van der Waals surface area contributed by atoms with Gasteiger partial charge in [-0.2, -0.15) is 0 Å². The van der Waals surface area contributed by atoms with E-state index in [-0.39, 0.29) is 19.1 Å². The second kappa shape index (κ2) is 7.78. The molecule has 2 rings (SSSR count). The van der Waals surface area contributed by atoms with Crippen molar-refractivity contribution in [1.82, 2.24) is 10.3 Å². The van der Waals surface area contributed by atoms with Crippen molar-refractivity contribution < 1.29 is 14.6 Å². The summed E-state index contributed by atoms with van der Waals surface area (Å²) in [7, 11) is 0. The highest BCUT2D eigenvalue weighted by Crippen LogP contribution is 2.31. The standard InChI is InChI=1S/C14H14Cl2N2O3S/c1-8-13(22-7-18-8)14(20)17-5-9(19)6-21-11-4-2-3-10(15)12(11)16/h2-4,7,9,19H,5-6H2,1H3,(H,17,20). The number of carbonyl (C=O) groups is 1. The van der Waals surface area contributed by atoms with Gasteiger partial charge in [0.05, 0.1) is 16.2 Å². The number of aromatic nitrogens is 1. The zero-order valence-corrected chi connectivity index (χ0v) is 14.0. The van der Waals surface area contributed by atoms with Gasteiger partial charge in [0, 0.05) is 6.54 Å². The Morgan fingerprint density at radius 2 is 2.27 bits per heavy atom. The molecule has 0 aliphatic rings. The van der Waals surface area contributed by atoms with Crippen LogP contribution in [0.2, 0.25) is 10.0 Å². The monoisotopic (exact) mass is 360 g/mol. The van der Waals surface area contributed by atoms with Gasteiger partial charge in [-0.05, 0) is 19.1 Å². The SMILES string of the molecule is Cc1ncsc1C(=O)NCC(O)COc1cccc(Cl)c1Cl. The summed E-state index contributed by atoms with van der Waals surface area (Å²) in [6.45, 7) is 1.81. The molecule has 22 heavy (non-hydrogen) atoms. The van der Waals surface area contributed by atoms with Crippen LogP contribution in [-0.4, -0.2) is 35.3 Å². The van der Waals surface area contributed by atoms with Crippen LogP contribution in [0.1, 0.15) is 15.4 Å². The molecule has 8 heteroatoms. The summed E-state index contributed by atoms with van der Waals surface area (Å²) in [5, 5.41) is 13.2. The van der Waals surface area contributed by atoms with E-state index in [0.717, 1.165) is 0 Å². The number of aliphatic hydroxyl groups excluding tert-OH is 1. The smallest absolute Gasteiger partial charge is 0.263 e. The lowest BCUT2D eigenvalue weighted by Gasteiger charge is -2.14. The maximum absolute atomic E-state index is 11.9. The van der Waals surface area contributed by atoms with Crippen LogP contribution in [-0.2, 0) is 0 Å². The quantitative estimate of drug-likeness (QED) is 0.830. The number of carbonyl (C=O) groups excluding carboxylic acids is 1. The number of halogens is 2. The third-order valence-corrected chi connectivity index (χ3v) is 4.53. The van der Waals surface area contributed by atoms with Crippen molar-refractivity contribution in [1.29, 1.82) is 0 Å². The Hall–Kier alpha value is -1.34. The third-order valence-electron chi connectivity index (χ3n) is 2.80. The normalized spacial score (nSPS) is 12.0. The second-order valence-corrected chi connectivity index (χ2v) is 6.13. The molecule has 1 heterocycles. The molecule has 0 spiro atoms. The van der Waals surface area contributed by atoms with Crippen LogP contribution in [0.15, 0.2) is 23.7 Å². The summed E-state index contributed by atoms with van der Waals surface area (Å²) in [6.07, 6.45) is -0.868. The average molecular weight is 361 g/mol. The van der Waals surface area contributed by atoms with Gasteiger partial charge in [-0.1, -0.05) is 29.3 Å². The first-order valence-electron chi connectivity index (χ1n) is 6.42. The Morgan fingerprint density at radius 1 is 1.50 bits per heavy atom. The van der Waals surface area contributed by atoms with Crippen LogP contribution >= 0.6 is 34.5 Å². The van der Waals surface area contributed by atoms with Gasteiger partial charge in [-0.25, -0.2) is 4.98 Å². The molecule has 0 saturated heterocycles. The number of hydrogen-bond donors (Lipinski definition) is 2. The average Bonchev–Trinajstić information content (AvgIpc) is 2.92. The first-order valence-corrected chi connectivity index (χ1v) is 8.05. The van der Waals surface area contributed by atoms with E-state index in [1.807, 2.05) is 0 Å². The number of nitrogens with one attached hydrogen (secondary N) is 1. The van der Waals surface area contributed by atoms with Gasteiger partial charge in [-0.15, -0.1) is 11.3 Å². The number of hydrogen-bond acceptors (Lipinski definition) is 5. The zero-order chi connectivity index (χ0) is 16.1. The molecule has 0 fully saturated rings. The van der Waals surface area contributed by atoms with Gasteiger partial charge in [0.15, 0.2) is 0 Å². The van der Waals surface area contributed by atoms with Crippen molar-refractivity contribution in [3.05, 3.63) is 44.3 Å². The number of amides is 1. The Balaban J connectivity index is 1.81. The minimum absolute atomic E-state index is 0.0119. The molecule has 5 nitrogen and oxygen atoms in total. The predicted octanol–water partition coefficient (Wildman–Crippen LogP) is 2.93. The number of rotatable bonds is 6. The van der Waals surface area contributed by atoms with E-state index >= 15 is 0 Å². The van der Waals surface area contributed by atoms with Crippen LogP contribution in [0.25, 0.3) is 0 Å². The predicted molar refractivity (Wildman–Crippen MR) is 87.1 cm³/mol. The van der Waals surface area contributed by atoms with E-state index in [1.54, 1.807) is 30.6 Å². The molecule has 0 bridgehead atoms. The molecule has 2 aromatic rings. The highest BCUT2D eigenvalue weighted by Gasteiger charge is 2.14. The van der Waals surface area contributed by atoms with E-state index in [1.165, 1.54) is 11.3 Å². The largest absolute Gasteiger partial charge is 0.489 e. The van der Waals surface area contributed by atoms with E-state index in [2.05, 4.69) is 10.3 Å². The summed E-state index contributed by atoms with van der Waals surface area (Å²) < 4.78 is 5.40. The van der Waals surface area contributed by atoms with Crippen molar-refractivity contribution in [3.63, 3.8) is 0 Å². The highest BCUT2D eigenvalue weighted by molar-refractivity contribution is 7.11. The van der Waals surface area contributed by atoms with Crippen molar-refractivity contribution in [2.45, 2.75) is 13.0 Å². The van der Waals surface area contributed by atoms with Gasteiger partial charge >= 0.3 is 0 Å².